The number of phenolic OH excluding ortho intramolecular Hbond substituents is 1. The Hall–Kier alpha value is -3.52. The molecule has 0 fully saturated rings. The van der Waals surface area contributed by atoms with Crippen molar-refractivity contribution in [2.45, 2.75) is 0 Å². The summed E-state index contributed by atoms with van der Waals surface area (Å²) in [6, 6.07) is 32.9. The van der Waals surface area contributed by atoms with Gasteiger partial charge in [0.05, 0.1) is 11.0 Å². The lowest BCUT2D eigenvalue weighted by molar-refractivity contribution is 0.475. The van der Waals surface area contributed by atoms with E-state index >= 15 is 0 Å². The Morgan fingerprint density at radius 1 is 0.538 bits per heavy atom. The predicted molar refractivity (Wildman–Crippen MR) is 108 cm³/mol. The van der Waals surface area contributed by atoms with Crippen molar-refractivity contribution >= 4 is 21.8 Å². The summed E-state index contributed by atoms with van der Waals surface area (Å²) in [4.78, 5) is 0. The molecule has 26 heavy (non-hydrogen) atoms. The van der Waals surface area contributed by atoms with Gasteiger partial charge in [-0.1, -0.05) is 54.6 Å². The molecule has 1 aromatic heterocycles. The van der Waals surface area contributed by atoms with Crippen LogP contribution in [0, 0.1) is 0 Å². The van der Waals surface area contributed by atoms with Gasteiger partial charge in [-0.2, -0.15) is 0 Å². The zero-order valence-electron chi connectivity index (χ0n) is 14.1. The van der Waals surface area contributed by atoms with Crippen molar-refractivity contribution in [3.8, 4) is 22.6 Å². The SMILES string of the molecule is Oc1ccc(-c2ccc3c(c2)c2ccccc2n3-c2ccccc2)cc1. The van der Waals surface area contributed by atoms with Crippen LogP contribution in [0.5, 0.6) is 5.75 Å². The average Bonchev–Trinajstić information content (AvgIpc) is 3.03. The number of nitrogens with zero attached hydrogens (tertiary/aromatic N) is 1. The molecule has 0 saturated heterocycles. The maximum Gasteiger partial charge on any atom is 0.115 e. The molecule has 0 saturated carbocycles. The molecule has 5 aromatic rings. The van der Waals surface area contributed by atoms with Crippen LogP contribution in [-0.2, 0) is 0 Å². The van der Waals surface area contributed by atoms with Crippen molar-refractivity contribution in [3.63, 3.8) is 0 Å². The van der Waals surface area contributed by atoms with Crippen molar-refractivity contribution in [1.82, 2.24) is 4.57 Å². The molecule has 2 nitrogen and oxygen atoms in total. The maximum atomic E-state index is 9.54. The number of benzene rings is 4. The van der Waals surface area contributed by atoms with Crippen molar-refractivity contribution in [1.29, 1.82) is 0 Å². The van der Waals surface area contributed by atoms with E-state index < -0.39 is 0 Å². The lowest BCUT2D eigenvalue weighted by Crippen LogP contribution is -1.92. The molecule has 0 amide bonds. The lowest BCUT2D eigenvalue weighted by atomic mass is 10.0. The van der Waals surface area contributed by atoms with Gasteiger partial charge in [0.15, 0.2) is 0 Å². The normalized spacial score (nSPS) is 11.2. The van der Waals surface area contributed by atoms with Gasteiger partial charge in [0.2, 0.25) is 0 Å². The first-order chi connectivity index (χ1) is 12.8. The first-order valence-electron chi connectivity index (χ1n) is 8.69. The molecule has 0 unspecified atom stereocenters. The fraction of sp³-hybridized carbons (Fsp3) is 0. The number of hydrogen-bond donors (Lipinski definition) is 1. The zero-order chi connectivity index (χ0) is 17.5. The van der Waals surface area contributed by atoms with Gasteiger partial charge < -0.3 is 9.67 Å². The highest BCUT2D eigenvalue weighted by molar-refractivity contribution is 6.10. The van der Waals surface area contributed by atoms with Crippen molar-refractivity contribution in [2.24, 2.45) is 0 Å². The second-order valence-corrected chi connectivity index (χ2v) is 6.47. The number of phenols is 1. The van der Waals surface area contributed by atoms with Crippen molar-refractivity contribution < 1.29 is 5.11 Å². The summed E-state index contributed by atoms with van der Waals surface area (Å²) < 4.78 is 2.31. The Morgan fingerprint density at radius 2 is 1.19 bits per heavy atom. The third kappa shape index (κ3) is 2.27. The molecule has 0 atom stereocenters. The second kappa shape index (κ2) is 5.78. The molecule has 0 aliphatic rings. The fourth-order valence-electron chi connectivity index (χ4n) is 3.66. The Labute approximate surface area is 151 Å². The zero-order valence-corrected chi connectivity index (χ0v) is 14.1. The van der Waals surface area contributed by atoms with E-state index in [1.54, 1.807) is 12.1 Å². The van der Waals surface area contributed by atoms with Crippen LogP contribution in [0.15, 0.2) is 97.1 Å². The van der Waals surface area contributed by atoms with Gasteiger partial charge in [-0.05, 0) is 53.6 Å². The van der Waals surface area contributed by atoms with Gasteiger partial charge >= 0.3 is 0 Å². The Bertz CT molecular complexity index is 1220. The quantitative estimate of drug-likeness (QED) is 0.411. The number of fused-ring (bicyclic) bond motifs is 3. The Balaban J connectivity index is 1.82. The molecule has 2 heteroatoms. The summed E-state index contributed by atoms with van der Waals surface area (Å²) in [7, 11) is 0. The van der Waals surface area contributed by atoms with Crippen LogP contribution in [0.1, 0.15) is 0 Å². The minimum Gasteiger partial charge on any atom is -0.508 e. The molecular weight excluding hydrogens is 318 g/mol. The van der Waals surface area contributed by atoms with E-state index in [-0.39, 0.29) is 5.75 Å². The average molecular weight is 335 g/mol. The molecule has 1 heterocycles. The van der Waals surface area contributed by atoms with E-state index in [2.05, 4.69) is 71.3 Å². The van der Waals surface area contributed by atoms with Crippen LogP contribution in [0.3, 0.4) is 0 Å². The number of rotatable bonds is 2. The largest absolute Gasteiger partial charge is 0.508 e. The van der Waals surface area contributed by atoms with E-state index in [0.717, 1.165) is 16.8 Å². The standard InChI is InChI=1S/C24H17NO/c26-20-13-10-17(11-14-20)18-12-15-24-22(16-18)21-8-4-5-9-23(21)25(24)19-6-2-1-3-7-19/h1-16,26H. The summed E-state index contributed by atoms with van der Waals surface area (Å²) in [5, 5.41) is 12.0. The molecule has 0 aliphatic carbocycles. The van der Waals surface area contributed by atoms with E-state index in [4.69, 9.17) is 0 Å². The van der Waals surface area contributed by atoms with Crippen LogP contribution in [0.25, 0.3) is 38.6 Å². The first kappa shape index (κ1) is 14.8. The summed E-state index contributed by atoms with van der Waals surface area (Å²) in [6.07, 6.45) is 0. The molecule has 124 valence electrons. The van der Waals surface area contributed by atoms with E-state index in [1.807, 2.05) is 18.2 Å². The number of aromatic hydroxyl groups is 1. The van der Waals surface area contributed by atoms with E-state index in [0.29, 0.717) is 0 Å². The molecule has 0 aliphatic heterocycles. The topological polar surface area (TPSA) is 25.2 Å². The first-order valence-corrected chi connectivity index (χ1v) is 8.69. The van der Waals surface area contributed by atoms with Crippen molar-refractivity contribution in [3.05, 3.63) is 97.1 Å². The Morgan fingerprint density at radius 3 is 2.00 bits per heavy atom. The molecular formula is C24H17NO. The van der Waals surface area contributed by atoms with Crippen LogP contribution < -0.4 is 0 Å². The minimum atomic E-state index is 0.288. The van der Waals surface area contributed by atoms with Crippen LogP contribution in [0.2, 0.25) is 0 Å². The molecule has 0 spiro atoms. The summed E-state index contributed by atoms with van der Waals surface area (Å²) >= 11 is 0. The summed E-state index contributed by atoms with van der Waals surface area (Å²) in [5.74, 6) is 0.288. The molecule has 4 aromatic carbocycles. The van der Waals surface area contributed by atoms with Gasteiger partial charge in [-0.3, -0.25) is 0 Å². The second-order valence-electron chi connectivity index (χ2n) is 6.47. The highest BCUT2D eigenvalue weighted by Gasteiger charge is 2.12. The van der Waals surface area contributed by atoms with Gasteiger partial charge in [0, 0.05) is 16.5 Å². The van der Waals surface area contributed by atoms with E-state index in [1.165, 1.54) is 21.8 Å². The smallest absolute Gasteiger partial charge is 0.115 e. The molecule has 0 radical (unpaired) electrons. The molecule has 0 bridgehead atoms. The third-order valence-electron chi connectivity index (χ3n) is 4.89. The maximum absolute atomic E-state index is 9.54. The number of aromatic nitrogens is 1. The lowest BCUT2D eigenvalue weighted by Gasteiger charge is -2.08. The highest BCUT2D eigenvalue weighted by Crippen LogP contribution is 2.34. The van der Waals surface area contributed by atoms with E-state index in [9.17, 15) is 5.11 Å². The van der Waals surface area contributed by atoms with Crippen LogP contribution in [-0.4, -0.2) is 9.67 Å². The van der Waals surface area contributed by atoms with Gasteiger partial charge in [-0.25, -0.2) is 0 Å². The van der Waals surface area contributed by atoms with Gasteiger partial charge in [0.1, 0.15) is 5.75 Å². The van der Waals surface area contributed by atoms with Gasteiger partial charge in [0.25, 0.3) is 0 Å². The summed E-state index contributed by atoms with van der Waals surface area (Å²) in [5.41, 5.74) is 5.81. The fourth-order valence-corrected chi connectivity index (χ4v) is 3.66. The number of hydrogen-bond acceptors (Lipinski definition) is 1. The molecule has 5 rings (SSSR count). The summed E-state index contributed by atoms with van der Waals surface area (Å²) in [6.45, 7) is 0. The van der Waals surface area contributed by atoms with Crippen LogP contribution in [0.4, 0.5) is 0 Å². The number of para-hydroxylation sites is 2. The predicted octanol–water partition coefficient (Wildman–Crippen LogP) is 6.16. The molecule has 1 N–H and O–H groups in total. The minimum absolute atomic E-state index is 0.288. The highest BCUT2D eigenvalue weighted by atomic mass is 16.3. The monoisotopic (exact) mass is 335 g/mol. The van der Waals surface area contributed by atoms with Gasteiger partial charge in [-0.15, -0.1) is 0 Å². The third-order valence-corrected chi connectivity index (χ3v) is 4.89. The van der Waals surface area contributed by atoms with Crippen LogP contribution >= 0.6 is 0 Å². The van der Waals surface area contributed by atoms with Crippen molar-refractivity contribution in [2.75, 3.05) is 0 Å². The Kier molecular flexibility index (Phi) is 3.29.